The molecule has 0 amide bonds. The Bertz CT molecular complexity index is 291. The minimum Gasteiger partial charge on any atom is -0.306 e. The Morgan fingerprint density at radius 1 is 1.42 bits per heavy atom. The average molecular weight is 266 g/mol. The van der Waals surface area contributed by atoms with Crippen molar-refractivity contribution >= 4 is 0 Å². The maximum absolute atomic E-state index is 9.11. The fraction of sp³-hybridized carbons (Fsp3) is 0.933. The standard InChI is InChI=1S/C15H30N4/c1-15(13-16,17-2)8-5-9-19(4)12-14-6-10-18(3)11-7-14/h14,17H,5-12H2,1-4H3. The van der Waals surface area contributed by atoms with Crippen LogP contribution in [0.25, 0.3) is 0 Å². The van der Waals surface area contributed by atoms with E-state index < -0.39 is 0 Å². The number of piperidine rings is 1. The molecule has 19 heavy (non-hydrogen) atoms. The highest BCUT2D eigenvalue weighted by molar-refractivity contribution is 5.02. The van der Waals surface area contributed by atoms with Crippen LogP contribution >= 0.6 is 0 Å². The largest absolute Gasteiger partial charge is 0.306 e. The Labute approximate surface area is 118 Å². The zero-order valence-electron chi connectivity index (χ0n) is 13.1. The number of nitrogens with one attached hydrogen (secondary N) is 1. The lowest BCUT2D eigenvalue weighted by Crippen LogP contribution is -2.39. The summed E-state index contributed by atoms with van der Waals surface area (Å²) in [5.41, 5.74) is -0.367. The van der Waals surface area contributed by atoms with Crippen molar-refractivity contribution in [1.82, 2.24) is 15.1 Å². The van der Waals surface area contributed by atoms with Crippen molar-refractivity contribution in [2.45, 2.75) is 38.1 Å². The van der Waals surface area contributed by atoms with E-state index >= 15 is 0 Å². The van der Waals surface area contributed by atoms with Crippen molar-refractivity contribution in [3.05, 3.63) is 0 Å². The van der Waals surface area contributed by atoms with Gasteiger partial charge < -0.3 is 15.1 Å². The van der Waals surface area contributed by atoms with Gasteiger partial charge in [-0.05, 0) is 79.3 Å². The van der Waals surface area contributed by atoms with Gasteiger partial charge in [0, 0.05) is 6.54 Å². The van der Waals surface area contributed by atoms with E-state index in [9.17, 15) is 0 Å². The molecule has 1 N–H and O–H groups in total. The SMILES string of the molecule is CNC(C)(C#N)CCCN(C)CC1CCN(C)CC1. The molecule has 1 aliphatic heterocycles. The van der Waals surface area contributed by atoms with Gasteiger partial charge in [0.05, 0.1) is 6.07 Å². The molecule has 0 bridgehead atoms. The molecule has 0 spiro atoms. The number of rotatable bonds is 7. The van der Waals surface area contributed by atoms with Crippen LogP contribution in [0, 0.1) is 17.2 Å². The fourth-order valence-corrected chi connectivity index (χ4v) is 2.72. The molecule has 0 aromatic rings. The van der Waals surface area contributed by atoms with E-state index in [1.807, 2.05) is 14.0 Å². The third-order valence-electron chi connectivity index (χ3n) is 4.42. The van der Waals surface area contributed by atoms with E-state index in [0.29, 0.717) is 0 Å². The molecule has 1 rings (SSSR count). The molecule has 110 valence electrons. The summed E-state index contributed by atoms with van der Waals surface area (Å²) in [6, 6.07) is 2.35. The monoisotopic (exact) mass is 266 g/mol. The van der Waals surface area contributed by atoms with Crippen molar-refractivity contribution in [3.8, 4) is 6.07 Å². The minimum atomic E-state index is -0.367. The van der Waals surface area contributed by atoms with E-state index in [1.54, 1.807) is 0 Å². The second-order valence-electron chi connectivity index (χ2n) is 6.31. The van der Waals surface area contributed by atoms with Crippen LogP contribution in [0.15, 0.2) is 0 Å². The van der Waals surface area contributed by atoms with Crippen molar-refractivity contribution in [2.75, 3.05) is 47.3 Å². The molecule has 1 heterocycles. The van der Waals surface area contributed by atoms with Crippen LogP contribution in [-0.4, -0.2) is 62.7 Å². The van der Waals surface area contributed by atoms with Crippen LogP contribution in [0.2, 0.25) is 0 Å². The quantitative estimate of drug-likeness (QED) is 0.759. The summed E-state index contributed by atoms with van der Waals surface area (Å²) in [6.07, 6.45) is 4.65. The normalized spacial score (nSPS) is 21.3. The molecule has 0 aliphatic carbocycles. The van der Waals surface area contributed by atoms with Gasteiger partial charge in [0.2, 0.25) is 0 Å². The summed E-state index contributed by atoms with van der Waals surface area (Å²) in [5, 5.41) is 12.2. The van der Waals surface area contributed by atoms with Gasteiger partial charge >= 0.3 is 0 Å². The number of nitriles is 1. The highest BCUT2D eigenvalue weighted by Crippen LogP contribution is 2.17. The summed E-state index contributed by atoms with van der Waals surface area (Å²) in [5.74, 6) is 0.854. The Kier molecular flexibility index (Phi) is 6.78. The summed E-state index contributed by atoms with van der Waals surface area (Å²) in [7, 11) is 6.28. The third-order valence-corrected chi connectivity index (χ3v) is 4.42. The highest BCUT2D eigenvalue weighted by Gasteiger charge is 2.21. The summed E-state index contributed by atoms with van der Waals surface area (Å²) >= 11 is 0. The molecular formula is C15H30N4. The zero-order valence-corrected chi connectivity index (χ0v) is 13.1. The summed E-state index contributed by atoms with van der Waals surface area (Å²) in [6.45, 7) is 6.75. The topological polar surface area (TPSA) is 42.3 Å². The Balaban J connectivity index is 2.18. The molecule has 0 aromatic heterocycles. The molecule has 1 atom stereocenters. The lowest BCUT2D eigenvalue weighted by molar-refractivity contribution is 0.174. The van der Waals surface area contributed by atoms with Crippen molar-refractivity contribution in [1.29, 1.82) is 5.26 Å². The molecule has 0 saturated carbocycles. The summed E-state index contributed by atoms with van der Waals surface area (Å²) in [4.78, 5) is 4.85. The molecule has 0 radical (unpaired) electrons. The van der Waals surface area contributed by atoms with E-state index in [0.717, 1.165) is 25.3 Å². The first kappa shape index (κ1) is 16.4. The lowest BCUT2D eigenvalue weighted by atomic mass is 9.95. The molecule has 1 unspecified atom stereocenters. The van der Waals surface area contributed by atoms with Crippen molar-refractivity contribution in [3.63, 3.8) is 0 Å². The zero-order chi connectivity index (χ0) is 14.3. The van der Waals surface area contributed by atoms with E-state index in [2.05, 4.69) is 35.3 Å². The lowest BCUT2D eigenvalue weighted by Gasteiger charge is -2.32. The third kappa shape index (κ3) is 5.90. The van der Waals surface area contributed by atoms with Crippen LogP contribution in [0.3, 0.4) is 0 Å². The van der Waals surface area contributed by atoms with Gasteiger partial charge in [0.25, 0.3) is 0 Å². The van der Waals surface area contributed by atoms with Crippen LogP contribution in [0.4, 0.5) is 0 Å². The minimum absolute atomic E-state index is 0.367. The number of hydrogen-bond donors (Lipinski definition) is 1. The fourth-order valence-electron chi connectivity index (χ4n) is 2.72. The van der Waals surface area contributed by atoms with Crippen LogP contribution in [-0.2, 0) is 0 Å². The van der Waals surface area contributed by atoms with Crippen LogP contribution < -0.4 is 5.32 Å². The number of hydrogen-bond acceptors (Lipinski definition) is 4. The smallest absolute Gasteiger partial charge is 0.103 e. The molecule has 0 aromatic carbocycles. The Hall–Kier alpha value is -0.630. The molecule has 1 aliphatic rings. The average Bonchev–Trinajstić information content (AvgIpc) is 2.41. The first-order valence-electron chi connectivity index (χ1n) is 7.46. The van der Waals surface area contributed by atoms with Gasteiger partial charge in [-0.1, -0.05) is 0 Å². The van der Waals surface area contributed by atoms with Gasteiger partial charge in [-0.3, -0.25) is 0 Å². The molecular weight excluding hydrogens is 236 g/mol. The van der Waals surface area contributed by atoms with Crippen LogP contribution in [0.1, 0.15) is 32.6 Å². The number of likely N-dealkylation sites (tertiary alicyclic amines) is 1. The predicted molar refractivity (Wildman–Crippen MR) is 80.0 cm³/mol. The van der Waals surface area contributed by atoms with Crippen LogP contribution in [0.5, 0.6) is 0 Å². The predicted octanol–water partition coefficient (Wildman–Crippen LogP) is 1.54. The maximum atomic E-state index is 9.11. The van der Waals surface area contributed by atoms with E-state index in [4.69, 9.17) is 5.26 Å². The van der Waals surface area contributed by atoms with Gasteiger partial charge in [0.15, 0.2) is 0 Å². The van der Waals surface area contributed by atoms with Crippen molar-refractivity contribution in [2.24, 2.45) is 5.92 Å². The van der Waals surface area contributed by atoms with E-state index in [-0.39, 0.29) is 5.54 Å². The van der Waals surface area contributed by atoms with E-state index in [1.165, 1.54) is 32.5 Å². The Morgan fingerprint density at radius 2 is 2.05 bits per heavy atom. The molecule has 4 nitrogen and oxygen atoms in total. The first-order valence-corrected chi connectivity index (χ1v) is 7.46. The second-order valence-corrected chi connectivity index (χ2v) is 6.31. The Morgan fingerprint density at radius 3 is 2.58 bits per heavy atom. The first-order chi connectivity index (χ1) is 8.99. The molecule has 4 heteroatoms. The van der Waals surface area contributed by atoms with Gasteiger partial charge in [0.1, 0.15) is 5.54 Å². The maximum Gasteiger partial charge on any atom is 0.103 e. The van der Waals surface area contributed by atoms with Crippen molar-refractivity contribution < 1.29 is 0 Å². The molecule has 1 saturated heterocycles. The van der Waals surface area contributed by atoms with Gasteiger partial charge in [-0.25, -0.2) is 0 Å². The second kappa shape index (κ2) is 7.84. The van der Waals surface area contributed by atoms with Gasteiger partial charge in [-0.2, -0.15) is 5.26 Å². The number of nitrogens with zero attached hydrogens (tertiary/aromatic N) is 3. The highest BCUT2D eigenvalue weighted by atomic mass is 15.1. The van der Waals surface area contributed by atoms with Gasteiger partial charge in [-0.15, -0.1) is 0 Å². The molecule has 1 fully saturated rings. The summed E-state index contributed by atoms with van der Waals surface area (Å²) < 4.78 is 0.